The maximum Gasteiger partial charge on any atom is 0.291 e. The summed E-state index contributed by atoms with van der Waals surface area (Å²) >= 11 is 3.15. The van der Waals surface area contributed by atoms with Gasteiger partial charge in [0.15, 0.2) is 0 Å². The minimum atomic E-state index is -0.451. The van der Waals surface area contributed by atoms with Crippen molar-refractivity contribution in [3.05, 3.63) is 32.5 Å². The topological polar surface area (TPSA) is 56.0 Å². The van der Waals surface area contributed by atoms with E-state index in [9.17, 15) is 10.1 Å². The number of aromatic nitrogens is 1. The number of halogens is 2. The van der Waals surface area contributed by atoms with Crippen LogP contribution in [0.4, 0.5) is 5.69 Å². The third-order valence-corrected chi connectivity index (χ3v) is 2.12. The van der Waals surface area contributed by atoms with Crippen LogP contribution in [0.5, 0.6) is 0 Å². The second-order valence-corrected chi connectivity index (χ2v) is 2.88. The lowest BCUT2D eigenvalue weighted by Gasteiger charge is -1.96. The minimum Gasteiger partial charge on any atom is -0.258 e. The van der Waals surface area contributed by atoms with E-state index in [1.807, 2.05) is 0 Å². The zero-order valence-corrected chi connectivity index (χ0v) is 8.55. The molecule has 0 amide bonds. The molecule has 0 unspecified atom stereocenters. The summed E-state index contributed by atoms with van der Waals surface area (Å²) < 4.78 is 0.659. The van der Waals surface area contributed by atoms with E-state index in [2.05, 4.69) is 20.9 Å². The Morgan fingerprint density at radius 1 is 1.58 bits per heavy atom. The highest BCUT2D eigenvalue weighted by Crippen LogP contribution is 2.23. The fraction of sp³-hybridized carbons (Fsp3) is 0.167. The summed E-state index contributed by atoms with van der Waals surface area (Å²) in [4.78, 5) is 13.5. The SMILES string of the molecule is Cc1c(Br)cncc1[N+](=O)[O-].Cl. The van der Waals surface area contributed by atoms with Crippen molar-refractivity contribution in [1.82, 2.24) is 4.98 Å². The molecule has 0 aliphatic carbocycles. The van der Waals surface area contributed by atoms with E-state index in [1.54, 1.807) is 6.92 Å². The molecule has 0 atom stereocenters. The number of hydrogen-bond acceptors (Lipinski definition) is 3. The monoisotopic (exact) mass is 252 g/mol. The van der Waals surface area contributed by atoms with Gasteiger partial charge in [0.1, 0.15) is 6.20 Å². The Kier molecular flexibility index (Phi) is 4.12. The molecule has 6 heteroatoms. The molecule has 0 fully saturated rings. The van der Waals surface area contributed by atoms with Gasteiger partial charge in [-0.1, -0.05) is 0 Å². The van der Waals surface area contributed by atoms with Gasteiger partial charge in [0.25, 0.3) is 5.69 Å². The van der Waals surface area contributed by atoms with Crippen LogP contribution < -0.4 is 0 Å². The van der Waals surface area contributed by atoms with Crippen LogP contribution in [0, 0.1) is 17.0 Å². The zero-order chi connectivity index (χ0) is 8.43. The largest absolute Gasteiger partial charge is 0.291 e. The smallest absolute Gasteiger partial charge is 0.258 e. The summed E-state index contributed by atoms with van der Waals surface area (Å²) in [6.45, 7) is 1.67. The summed E-state index contributed by atoms with van der Waals surface area (Å²) in [5.74, 6) is 0. The van der Waals surface area contributed by atoms with Crippen molar-refractivity contribution >= 4 is 34.0 Å². The van der Waals surface area contributed by atoms with Crippen LogP contribution in [0.15, 0.2) is 16.9 Å². The fourth-order valence-corrected chi connectivity index (χ4v) is 0.995. The third kappa shape index (κ3) is 2.15. The van der Waals surface area contributed by atoms with Crippen molar-refractivity contribution in [3.8, 4) is 0 Å². The van der Waals surface area contributed by atoms with Gasteiger partial charge in [0.05, 0.1) is 4.92 Å². The molecule has 0 aliphatic heterocycles. The number of nitrogens with zero attached hydrogens (tertiary/aromatic N) is 2. The third-order valence-electron chi connectivity index (χ3n) is 1.32. The van der Waals surface area contributed by atoms with Crippen LogP contribution in [0.2, 0.25) is 0 Å². The second kappa shape index (κ2) is 4.37. The summed E-state index contributed by atoms with van der Waals surface area (Å²) in [5, 5.41) is 10.3. The molecule has 0 saturated heterocycles. The van der Waals surface area contributed by atoms with Gasteiger partial charge in [0.2, 0.25) is 0 Å². The van der Waals surface area contributed by atoms with E-state index in [0.29, 0.717) is 10.0 Å². The second-order valence-electron chi connectivity index (χ2n) is 2.02. The quantitative estimate of drug-likeness (QED) is 0.571. The van der Waals surface area contributed by atoms with Crippen molar-refractivity contribution in [3.63, 3.8) is 0 Å². The molecule has 0 spiro atoms. The molecule has 66 valence electrons. The van der Waals surface area contributed by atoms with Gasteiger partial charge in [-0.05, 0) is 22.9 Å². The highest BCUT2D eigenvalue weighted by molar-refractivity contribution is 9.10. The Morgan fingerprint density at radius 2 is 2.17 bits per heavy atom. The minimum absolute atomic E-state index is 0. The predicted molar refractivity (Wildman–Crippen MR) is 50.6 cm³/mol. The van der Waals surface area contributed by atoms with Crippen molar-refractivity contribution in [2.45, 2.75) is 6.92 Å². The van der Waals surface area contributed by atoms with Crippen LogP contribution >= 0.6 is 28.3 Å². The first-order chi connectivity index (χ1) is 5.13. The molecule has 0 N–H and O–H groups in total. The molecule has 0 radical (unpaired) electrons. The average molecular weight is 253 g/mol. The first kappa shape index (κ1) is 11.3. The van der Waals surface area contributed by atoms with Crippen LogP contribution in [0.3, 0.4) is 0 Å². The summed E-state index contributed by atoms with van der Waals surface area (Å²) in [6.07, 6.45) is 2.77. The van der Waals surface area contributed by atoms with Gasteiger partial charge in [-0.25, -0.2) is 0 Å². The Hall–Kier alpha value is -0.680. The van der Waals surface area contributed by atoms with Gasteiger partial charge in [-0.15, -0.1) is 12.4 Å². The normalized spacial score (nSPS) is 8.83. The van der Waals surface area contributed by atoms with Crippen molar-refractivity contribution in [2.24, 2.45) is 0 Å². The van der Waals surface area contributed by atoms with Crippen molar-refractivity contribution in [2.75, 3.05) is 0 Å². The van der Waals surface area contributed by atoms with E-state index in [4.69, 9.17) is 0 Å². The van der Waals surface area contributed by atoms with Crippen molar-refractivity contribution < 1.29 is 4.92 Å². The molecule has 0 aliphatic rings. The van der Waals surface area contributed by atoms with E-state index < -0.39 is 4.92 Å². The number of nitro groups is 1. The predicted octanol–water partition coefficient (Wildman–Crippen LogP) is 2.48. The Bertz CT molecular complexity index is 306. The summed E-state index contributed by atoms with van der Waals surface area (Å²) in [7, 11) is 0. The van der Waals surface area contributed by atoms with Crippen LogP contribution in [-0.2, 0) is 0 Å². The van der Waals surface area contributed by atoms with E-state index >= 15 is 0 Å². The summed E-state index contributed by atoms with van der Waals surface area (Å²) in [6, 6.07) is 0. The molecule has 0 saturated carbocycles. The molecule has 1 heterocycles. The summed E-state index contributed by atoms with van der Waals surface area (Å²) in [5.41, 5.74) is 0.643. The average Bonchev–Trinajstić information content (AvgIpc) is 1.94. The molecule has 4 nitrogen and oxygen atoms in total. The highest BCUT2D eigenvalue weighted by atomic mass is 79.9. The first-order valence-electron chi connectivity index (χ1n) is 2.87. The van der Waals surface area contributed by atoms with E-state index in [0.717, 1.165) is 0 Å². The molecule has 1 aromatic rings. The number of pyridine rings is 1. The van der Waals surface area contributed by atoms with Crippen LogP contribution in [0.1, 0.15) is 5.56 Å². The Balaban J connectivity index is 0.00000121. The lowest BCUT2D eigenvalue weighted by atomic mass is 10.3. The highest BCUT2D eigenvalue weighted by Gasteiger charge is 2.11. The van der Waals surface area contributed by atoms with E-state index in [1.165, 1.54) is 12.4 Å². The molecular weight excluding hydrogens is 247 g/mol. The van der Waals surface area contributed by atoms with Crippen LogP contribution in [-0.4, -0.2) is 9.91 Å². The lowest BCUT2D eigenvalue weighted by Crippen LogP contribution is -1.92. The molecule has 0 bridgehead atoms. The van der Waals surface area contributed by atoms with Gasteiger partial charge < -0.3 is 0 Å². The van der Waals surface area contributed by atoms with Gasteiger partial charge in [-0.3, -0.25) is 15.1 Å². The molecule has 1 rings (SSSR count). The fourth-order valence-electron chi connectivity index (χ4n) is 0.673. The van der Waals surface area contributed by atoms with Crippen molar-refractivity contribution in [1.29, 1.82) is 0 Å². The van der Waals surface area contributed by atoms with E-state index in [-0.39, 0.29) is 18.1 Å². The molecular formula is C6H6BrClN2O2. The number of hydrogen-bond donors (Lipinski definition) is 0. The van der Waals surface area contributed by atoms with Gasteiger partial charge in [-0.2, -0.15) is 0 Å². The first-order valence-corrected chi connectivity index (χ1v) is 3.66. The molecule has 12 heavy (non-hydrogen) atoms. The zero-order valence-electron chi connectivity index (χ0n) is 6.15. The number of rotatable bonds is 1. The van der Waals surface area contributed by atoms with Gasteiger partial charge in [0, 0.05) is 16.2 Å². The lowest BCUT2D eigenvalue weighted by molar-refractivity contribution is -0.385. The Morgan fingerprint density at radius 3 is 2.58 bits per heavy atom. The maximum atomic E-state index is 10.3. The van der Waals surface area contributed by atoms with Gasteiger partial charge >= 0.3 is 0 Å². The molecule has 1 aromatic heterocycles. The standard InChI is InChI=1S/C6H5BrN2O2.ClH/c1-4-5(7)2-8-3-6(4)9(10)11;/h2-3H,1H3;1H. The molecule has 0 aromatic carbocycles. The maximum absolute atomic E-state index is 10.3. The van der Waals surface area contributed by atoms with Crippen LogP contribution in [0.25, 0.3) is 0 Å². The Labute approximate surface area is 83.7 Å².